The first-order valence-corrected chi connectivity index (χ1v) is 14.2. The molecule has 212 valence electrons. The van der Waals surface area contributed by atoms with Gasteiger partial charge in [-0.3, -0.25) is 14.9 Å². The largest absolute Gasteiger partial charge is 0.497 e. The lowest BCUT2D eigenvalue weighted by molar-refractivity contribution is 0.0331. The van der Waals surface area contributed by atoms with Gasteiger partial charge in [0.25, 0.3) is 0 Å². The van der Waals surface area contributed by atoms with Crippen LogP contribution in [0.3, 0.4) is 0 Å². The molecule has 2 N–H and O–H groups in total. The first-order valence-electron chi connectivity index (χ1n) is 14.2. The molecule has 2 saturated heterocycles. The molecule has 0 spiro atoms. The first kappa shape index (κ1) is 26.6. The van der Waals surface area contributed by atoms with Gasteiger partial charge >= 0.3 is 0 Å². The van der Waals surface area contributed by atoms with Crippen LogP contribution in [0.15, 0.2) is 42.5 Å². The number of benzene rings is 2. The predicted octanol–water partition coefficient (Wildman–Crippen LogP) is 3.21. The van der Waals surface area contributed by atoms with Gasteiger partial charge in [0.1, 0.15) is 22.7 Å². The molecule has 10 nitrogen and oxygen atoms in total. The highest BCUT2D eigenvalue weighted by molar-refractivity contribution is 5.90. The van der Waals surface area contributed by atoms with Crippen LogP contribution in [0.5, 0.6) is 11.5 Å². The van der Waals surface area contributed by atoms with Crippen molar-refractivity contribution in [2.75, 3.05) is 84.7 Å². The molecule has 6 rings (SSSR count). The second kappa shape index (κ2) is 12.3. The normalized spacial score (nSPS) is 17.0. The van der Waals surface area contributed by atoms with E-state index in [2.05, 4.69) is 54.1 Å². The summed E-state index contributed by atoms with van der Waals surface area (Å²) in [5.74, 6) is 2.39. The number of anilines is 1. The van der Waals surface area contributed by atoms with E-state index in [4.69, 9.17) is 19.2 Å². The molecule has 2 aliphatic rings. The van der Waals surface area contributed by atoms with Gasteiger partial charge in [-0.05, 0) is 48.7 Å². The maximum Gasteiger partial charge on any atom is 0.159 e. The van der Waals surface area contributed by atoms with E-state index in [0.29, 0.717) is 0 Å². The van der Waals surface area contributed by atoms with Crippen molar-refractivity contribution >= 4 is 16.7 Å². The van der Waals surface area contributed by atoms with Crippen LogP contribution in [-0.4, -0.2) is 110 Å². The zero-order valence-corrected chi connectivity index (χ0v) is 23.5. The van der Waals surface area contributed by atoms with Gasteiger partial charge in [-0.25, -0.2) is 4.98 Å². The van der Waals surface area contributed by atoms with Crippen molar-refractivity contribution in [3.05, 3.63) is 53.7 Å². The predicted molar refractivity (Wildman–Crippen MR) is 157 cm³/mol. The molecule has 10 heteroatoms. The Kier molecular flexibility index (Phi) is 8.17. The summed E-state index contributed by atoms with van der Waals surface area (Å²) in [5.41, 5.74) is 6.28. The number of aryl methyl sites for hydroxylation is 2. The molecular formula is C30H39N7O3. The van der Waals surface area contributed by atoms with Crippen molar-refractivity contribution < 1.29 is 14.2 Å². The molecule has 0 amide bonds. The van der Waals surface area contributed by atoms with Crippen molar-refractivity contribution in [2.24, 2.45) is 0 Å². The molecule has 2 fully saturated rings. The van der Waals surface area contributed by atoms with Crippen LogP contribution in [0.2, 0.25) is 0 Å². The van der Waals surface area contributed by atoms with Crippen molar-refractivity contribution in [2.45, 2.75) is 12.8 Å². The van der Waals surface area contributed by atoms with Gasteiger partial charge in [-0.2, -0.15) is 5.10 Å². The van der Waals surface area contributed by atoms with Crippen molar-refractivity contribution in [3.63, 3.8) is 0 Å². The van der Waals surface area contributed by atoms with E-state index in [-0.39, 0.29) is 0 Å². The fraction of sp³-hybridized carbons (Fsp3) is 0.467. The molecule has 2 aromatic carbocycles. The Labute approximate surface area is 235 Å². The van der Waals surface area contributed by atoms with Gasteiger partial charge in [0.2, 0.25) is 0 Å². The van der Waals surface area contributed by atoms with Crippen LogP contribution in [0.25, 0.3) is 22.6 Å². The Morgan fingerprint density at radius 1 is 0.850 bits per heavy atom. The van der Waals surface area contributed by atoms with Gasteiger partial charge in [0, 0.05) is 64.1 Å². The summed E-state index contributed by atoms with van der Waals surface area (Å²) in [5, 5.41) is 7.77. The smallest absolute Gasteiger partial charge is 0.159 e. The fourth-order valence-electron chi connectivity index (χ4n) is 5.61. The second-order valence-electron chi connectivity index (χ2n) is 10.5. The number of H-pyrrole nitrogens is 2. The number of nitrogens with one attached hydrogen (secondary N) is 2. The number of imidazole rings is 1. The molecule has 2 aliphatic heterocycles. The van der Waals surface area contributed by atoms with E-state index in [1.54, 1.807) is 14.2 Å². The molecular weight excluding hydrogens is 506 g/mol. The highest BCUT2D eigenvalue weighted by Crippen LogP contribution is 2.29. The number of nitrogens with zero attached hydrogens (tertiary/aromatic N) is 5. The molecule has 40 heavy (non-hydrogen) atoms. The number of rotatable bonds is 10. The summed E-state index contributed by atoms with van der Waals surface area (Å²) in [6, 6.07) is 14.5. The van der Waals surface area contributed by atoms with Gasteiger partial charge in [0.05, 0.1) is 38.6 Å². The number of fused-ring (bicyclic) bond motifs is 1. The van der Waals surface area contributed by atoms with Crippen LogP contribution < -0.4 is 14.4 Å². The monoisotopic (exact) mass is 545 g/mol. The Morgan fingerprint density at radius 3 is 2.30 bits per heavy atom. The highest BCUT2D eigenvalue weighted by atomic mass is 16.5. The van der Waals surface area contributed by atoms with Crippen LogP contribution in [0, 0.1) is 0 Å². The summed E-state index contributed by atoms with van der Waals surface area (Å²) < 4.78 is 16.3. The number of hydrogen-bond donors (Lipinski definition) is 2. The number of piperazine rings is 1. The summed E-state index contributed by atoms with van der Waals surface area (Å²) in [6.07, 6.45) is 1.67. The van der Waals surface area contributed by atoms with E-state index in [1.165, 1.54) is 5.69 Å². The number of para-hydroxylation sites is 1. The number of aromatic amines is 2. The maximum atomic E-state index is 5.48. The van der Waals surface area contributed by atoms with Crippen molar-refractivity contribution in [1.29, 1.82) is 0 Å². The summed E-state index contributed by atoms with van der Waals surface area (Å²) in [6.45, 7) is 10.2. The summed E-state index contributed by atoms with van der Waals surface area (Å²) >= 11 is 0. The van der Waals surface area contributed by atoms with Gasteiger partial charge < -0.3 is 24.1 Å². The molecule has 0 aliphatic carbocycles. The third kappa shape index (κ3) is 6.09. The Morgan fingerprint density at radius 2 is 1.57 bits per heavy atom. The topological polar surface area (TPSA) is 94.8 Å². The number of ether oxygens (including phenoxy) is 3. The average molecular weight is 546 g/mol. The standard InChI is InChI=1S/C30H39N7O3/c1-38-24-18-22(19-25(21-24)39-2)6-7-23-20-27(34-33-23)30-31-26-4-3-5-28(29(26)32-30)37-12-10-35(11-13-37)8-9-36-14-16-40-17-15-36/h3-5,18-21H,6-17H2,1-2H3,(H,31,32)(H,33,34). The third-order valence-corrected chi connectivity index (χ3v) is 8.01. The van der Waals surface area contributed by atoms with Crippen LogP contribution in [0.1, 0.15) is 11.3 Å². The lowest BCUT2D eigenvalue weighted by atomic mass is 10.1. The minimum Gasteiger partial charge on any atom is -0.497 e. The Bertz CT molecular complexity index is 1380. The molecule has 0 bridgehead atoms. The minimum atomic E-state index is 0.789. The second-order valence-corrected chi connectivity index (χ2v) is 10.5. The van der Waals surface area contributed by atoms with E-state index < -0.39 is 0 Å². The maximum absolute atomic E-state index is 5.48. The first-order chi connectivity index (χ1) is 19.7. The highest BCUT2D eigenvalue weighted by Gasteiger charge is 2.21. The molecule has 0 saturated carbocycles. The quantitative estimate of drug-likeness (QED) is 0.314. The summed E-state index contributed by atoms with van der Waals surface area (Å²) in [7, 11) is 3.35. The number of aromatic nitrogens is 4. The lowest BCUT2D eigenvalue weighted by Crippen LogP contribution is -2.49. The van der Waals surface area contributed by atoms with E-state index >= 15 is 0 Å². The zero-order valence-electron chi connectivity index (χ0n) is 23.5. The van der Waals surface area contributed by atoms with Crippen LogP contribution >= 0.6 is 0 Å². The summed E-state index contributed by atoms with van der Waals surface area (Å²) in [4.78, 5) is 16.1. The van der Waals surface area contributed by atoms with Gasteiger partial charge in [0.15, 0.2) is 5.82 Å². The zero-order chi connectivity index (χ0) is 27.3. The lowest BCUT2D eigenvalue weighted by Gasteiger charge is -2.37. The fourth-order valence-corrected chi connectivity index (χ4v) is 5.61. The Balaban J connectivity index is 1.09. The van der Waals surface area contributed by atoms with E-state index in [9.17, 15) is 0 Å². The number of morpholine rings is 1. The van der Waals surface area contributed by atoms with Crippen molar-refractivity contribution in [3.8, 4) is 23.0 Å². The minimum absolute atomic E-state index is 0.789. The molecule has 0 atom stereocenters. The van der Waals surface area contributed by atoms with Gasteiger partial charge in [-0.1, -0.05) is 6.07 Å². The van der Waals surface area contributed by atoms with E-state index in [0.717, 1.165) is 124 Å². The molecule has 0 radical (unpaired) electrons. The van der Waals surface area contributed by atoms with Gasteiger partial charge in [-0.15, -0.1) is 0 Å². The average Bonchev–Trinajstić information content (AvgIpc) is 3.67. The van der Waals surface area contributed by atoms with Crippen LogP contribution in [-0.2, 0) is 17.6 Å². The third-order valence-electron chi connectivity index (χ3n) is 8.01. The molecule has 0 unspecified atom stereocenters. The van der Waals surface area contributed by atoms with E-state index in [1.807, 2.05) is 18.2 Å². The van der Waals surface area contributed by atoms with Crippen LogP contribution in [0.4, 0.5) is 5.69 Å². The number of methoxy groups -OCH3 is 2. The molecule has 4 heterocycles. The van der Waals surface area contributed by atoms with Crippen molar-refractivity contribution in [1.82, 2.24) is 30.0 Å². The molecule has 2 aromatic heterocycles. The number of hydrogen-bond acceptors (Lipinski definition) is 8. The molecule has 4 aromatic rings. The SMILES string of the molecule is COc1cc(CCc2cc(-c3nc4c(N5CCN(CCN6CCOCC6)CC5)cccc4[nH]3)n[nH]2)cc(OC)c1. The Hall–Kier alpha value is -3.60.